The highest BCUT2D eigenvalue weighted by atomic mass is 32.1. The third kappa shape index (κ3) is 4.57. The van der Waals surface area contributed by atoms with Crippen LogP contribution in [0.5, 0.6) is 0 Å². The first-order valence-electron chi connectivity index (χ1n) is 12.0. The number of benzene rings is 1. The molecule has 2 aromatic heterocycles. The van der Waals surface area contributed by atoms with Gasteiger partial charge in [0.05, 0.1) is 10.2 Å². The smallest absolute Gasteiger partial charge is 0.270 e. The van der Waals surface area contributed by atoms with E-state index in [1.807, 2.05) is 21.9 Å². The van der Waals surface area contributed by atoms with Crippen molar-refractivity contribution < 1.29 is 9.59 Å². The molecule has 4 heterocycles. The molecule has 0 bridgehead atoms. The third-order valence-electron chi connectivity index (χ3n) is 7.12. The largest absolute Gasteiger partial charge is 0.340 e. The second-order valence-electron chi connectivity index (χ2n) is 9.10. The number of thiophene rings is 1. The van der Waals surface area contributed by atoms with E-state index >= 15 is 0 Å². The van der Waals surface area contributed by atoms with Gasteiger partial charge in [-0.05, 0) is 42.8 Å². The molecule has 7 heteroatoms. The maximum Gasteiger partial charge on any atom is 0.270 e. The van der Waals surface area contributed by atoms with Crippen LogP contribution < -0.4 is 0 Å². The first-order chi connectivity index (χ1) is 16.1. The van der Waals surface area contributed by atoms with Gasteiger partial charge in [0.2, 0.25) is 5.91 Å². The summed E-state index contributed by atoms with van der Waals surface area (Å²) in [5.41, 5.74) is 3.24. The van der Waals surface area contributed by atoms with Gasteiger partial charge in [-0.2, -0.15) is 0 Å². The summed E-state index contributed by atoms with van der Waals surface area (Å²) in [6.07, 6.45) is 1.52. The minimum Gasteiger partial charge on any atom is -0.340 e. The van der Waals surface area contributed by atoms with Gasteiger partial charge in [-0.3, -0.25) is 14.5 Å². The predicted octanol–water partition coefficient (Wildman–Crippen LogP) is 3.92. The first kappa shape index (κ1) is 22.2. The Morgan fingerprint density at radius 2 is 1.67 bits per heavy atom. The molecular weight excluding hydrogens is 432 g/mol. The summed E-state index contributed by atoms with van der Waals surface area (Å²) in [7, 11) is 0. The van der Waals surface area contributed by atoms with Gasteiger partial charge in [0, 0.05) is 58.3 Å². The molecule has 0 atom stereocenters. The normalized spacial score (nSPS) is 18.2. The van der Waals surface area contributed by atoms with E-state index in [2.05, 4.69) is 52.1 Å². The number of likely N-dealkylation sites (tertiary alicyclic amines) is 1. The van der Waals surface area contributed by atoms with Gasteiger partial charge in [0.15, 0.2) is 0 Å². The lowest BCUT2D eigenvalue weighted by Gasteiger charge is -2.38. The standard InChI is InChI=1S/C26H32N4O2S/c1-2-30-22-10-17-33-24(22)18-23(30)26(32)28-11-8-21(9-12-28)25(31)29-15-13-27(14-16-29)19-20-6-4-3-5-7-20/h3-7,10,17-18,21H,2,8-9,11-16,19H2,1H3. The van der Waals surface area contributed by atoms with Crippen LogP contribution in [0.2, 0.25) is 0 Å². The Kier molecular flexibility index (Phi) is 6.51. The first-order valence-corrected chi connectivity index (χ1v) is 12.9. The number of carbonyl (C=O) groups is 2. The molecule has 0 aliphatic carbocycles. The quantitative estimate of drug-likeness (QED) is 0.575. The molecule has 0 radical (unpaired) electrons. The zero-order valence-electron chi connectivity index (χ0n) is 19.3. The van der Waals surface area contributed by atoms with Gasteiger partial charge < -0.3 is 14.4 Å². The van der Waals surface area contributed by atoms with Crippen molar-refractivity contribution in [3.8, 4) is 0 Å². The zero-order valence-corrected chi connectivity index (χ0v) is 20.1. The lowest BCUT2D eigenvalue weighted by atomic mass is 9.94. The molecule has 5 rings (SSSR count). The topological polar surface area (TPSA) is 48.8 Å². The molecule has 0 unspecified atom stereocenters. The number of piperidine rings is 1. The fraction of sp³-hybridized carbons (Fsp3) is 0.462. The van der Waals surface area contributed by atoms with E-state index in [-0.39, 0.29) is 17.7 Å². The van der Waals surface area contributed by atoms with Gasteiger partial charge in [0.1, 0.15) is 5.69 Å². The molecule has 2 amide bonds. The number of amides is 2. The van der Waals surface area contributed by atoms with Gasteiger partial charge in [-0.25, -0.2) is 0 Å². The van der Waals surface area contributed by atoms with Gasteiger partial charge in [-0.1, -0.05) is 30.3 Å². The van der Waals surface area contributed by atoms with Gasteiger partial charge >= 0.3 is 0 Å². The number of aryl methyl sites for hydroxylation is 1. The van der Waals surface area contributed by atoms with Crippen molar-refractivity contribution in [1.29, 1.82) is 0 Å². The van der Waals surface area contributed by atoms with E-state index in [0.717, 1.165) is 68.0 Å². The zero-order chi connectivity index (χ0) is 22.8. The van der Waals surface area contributed by atoms with Crippen molar-refractivity contribution in [2.75, 3.05) is 39.3 Å². The number of rotatable bonds is 5. The molecule has 6 nitrogen and oxygen atoms in total. The molecule has 0 spiro atoms. The highest BCUT2D eigenvalue weighted by Gasteiger charge is 2.32. The third-order valence-corrected chi connectivity index (χ3v) is 7.98. The summed E-state index contributed by atoms with van der Waals surface area (Å²) < 4.78 is 3.28. The Balaban J connectivity index is 1.13. The van der Waals surface area contributed by atoms with Crippen LogP contribution in [0.4, 0.5) is 0 Å². The summed E-state index contributed by atoms with van der Waals surface area (Å²) >= 11 is 1.68. The average Bonchev–Trinajstić information content (AvgIpc) is 3.46. The Hall–Kier alpha value is -2.64. The van der Waals surface area contributed by atoms with E-state index < -0.39 is 0 Å². The van der Waals surface area contributed by atoms with Crippen molar-refractivity contribution >= 4 is 33.4 Å². The minimum atomic E-state index is 0.0381. The van der Waals surface area contributed by atoms with Crippen LogP contribution >= 0.6 is 11.3 Å². The fourth-order valence-electron chi connectivity index (χ4n) is 5.21. The second-order valence-corrected chi connectivity index (χ2v) is 10.0. The van der Waals surface area contributed by atoms with E-state index in [9.17, 15) is 9.59 Å². The predicted molar refractivity (Wildman–Crippen MR) is 132 cm³/mol. The Morgan fingerprint density at radius 1 is 0.939 bits per heavy atom. The molecule has 2 saturated heterocycles. The molecule has 3 aromatic rings. The summed E-state index contributed by atoms with van der Waals surface area (Å²) in [6.45, 7) is 8.56. The monoisotopic (exact) mass is 464 g/mol. The Morgan fingerprint density at radius 3 is 2.36 bits per heavy atom. The molecule has 1 aromatic carbocycles. The van der Waals surface area contributed by atoms with Crippen molar-refractivity contribution in [2.45, 2.75) is 32.9 Å². The highest BCUT2D eigenvalue weighted by molar-refractivity contribution is 7.17. The van der Waals surface area contributed by atoms with Crippen molar-refractivity contribution in [3.63, 3.8) is 0 Å². The number of hydrogen-bond acceptors (Lipinski definition) is 4. The minimum absolute atomic E-state index is 0.0381. The lowest BCUT2D eigenvalue weighted by molar-refractivity contribution is -0.138. The summed E-state index contributed by atoms with van der Waals surface area (Å²) in [6, 6.07) is 14.6. The van der Waals surface area contributed by atoms with Crippen molar-refractivity contribution in [1.82, 2.24) is 19.3 Å². The maximum absolute atomic E-state index is 13.2. The van der Waals surface area contributed by atoms with Crippen LogP contribution in [0.15, 0.2) is 47.8 Å². The lowest BCUT2D eigenvalue weighted by Crippen LogP contribution is -2.51. The average molecular weight is 465 g/mol. The Bertz CT molecular complexity index is 1110. The molecule has 0 N–H and O–H groups in total. The van der Waals surface area contributed by atoms with Crippen LogP contribution in [0.25, 0.3) is 10.2 Å². The number of piperazine rings is 1. The molecule has 0 saturated carbocycles. The molecule has 2 fully saturated rings. The van der Waals surface area contributed by atoms with Crippen LogP contribution in [-0.2, 0) is 17.9 Å². The molecule has 2 aliphatic rings. The number of nitrogens with zero attached hydrogens (tertiary/aromatic N) is 4. The van der Waals surface area contributed by atoms with Gasteiger partial charge in [0.25, 0.3) is 5.91 Å². The van der Waals surface area contributed by atoms with Gasteiger partial charge in [-0.15, -0.1) is 11.3 Å². The fourth-order valence-corrected chi connectivity index (χ4v) is 6.03. The highest BCUT2D eigenvalue weighted by Crippen LogP contribution is 2.28. The maximum atomic E-state index is 13.2. The summed E-state index contributed by atoms with van der Waals surface area (Å²) in [4.78, 5) is 32.8. The van der Waals surface area contributed by atoms with E-state index in [1.54, 1.807) is 11.3 Å². The van der Waals surface area contributed by atoms with Crippen LogP contribution in [0, 0.1) is 5.92 Å². The number of aromatic nitrogens is 1. The van der Waals surface area contributed by atoms with E-state index in [4.69, 9.17) is 0 Å². The van der Waals surface area contributed by atoms with Crippen LogP contribution in [0.3, 0.4) is 0 Å². The van der Waals surface area contributed by atoms with Crippen LogP contribution in [-0.4, -0.2) is 70.3 Å². The summed E-state index contributed by atoms with van der Waals surface area (Å²) in [5.74, 6) is 0.413. The molecule has 33 heavy (non-hydrogen) atoms. The Labute approximate surface area is 199 Å². The van der Waals surface area contributed by atoms with Crippen LogP contribution in [0.1, 0.15) is 35.8 Å². The SMILES string of the molecule is CCn1c(C(=O)N2CCC(C(=O)N3CCN(Cc4ccccc4)CC3)CC2)cc2sccc21. The number of hydrogen-bond donors (Lipinski definition) is 0. The van der Waals surface area contributed by atoms with E-state index in [1.165, 1.54) is 5.56 Å². The summed E-state index contributed by atoms with van der Waals surface area (Å²) in [5, 5.41) is 2.07. The molecule has 174 valence electrons. The van der Waals surface area contributed by atoms with Crippen molar-refractivity contribution in [3.05, 3.63) is 59.1 Å². The van der Waals surface area contributed by atoms with Crippen molar-refractivity contribution in [2.24, 2.45) is 5.92 Å². The second kappa shape index (κ2) is 9.69. The number of fused-ring (bicyclic) bond motifs is 1. The van der Waals surface area contributed by atoms with E-state index in [0.29, 0.717) is 13.1 Å². The molecular formula is C26H32N4O2S. The number of carbonyl (C=O) groups excluding carboxylic acids is 2. The molecule has 2 aliphatic heterocycles.